The van der Waals surface area contributed by atoms with Crippen molar-refractivity contribution in [2.75, 3.05) is 26.8 Å². The molecule has 28 heavy (non-hydrogen) atoms. The molecule has 2 heterocycles. The van der Waals surface area contributed by atoms with E-state index in [1.54, 1.807) is 7.11 Å². The lowest BCUT2D eigenvalue weighted by molar-refractivity contribution is 0.165. The average Bonchev–Trinajstić information content (AvgIpc) is 3.13. The molecule has 0 unspecified atom stereocenters. The van der Waals surface area contributed by atoms with Crippen LogP contribution in [0.15, 0.2) is 48.5 Å². The molecule has 0 aliphatic carbocycles. The number of ether oxygens (including phenoxy) is 2. The number of rotatable bonds is 7. The standard InChI is InChI=1S/C23H29N3O2/c1-18(25-14-6-3-7-15-25)23-24-21-8-4-5-9-22(21)26(23)16-17-28-20-12-10-19(27-2)11-13-20/h4-5,8-13,18H,3,6-7,14-17H2,1-2H3/t18-/m0/s1. The normalized spacial score (nSPS) is 16.2. The van der Waals surface area contributed by atoms with Crippen molar-refractivity contribution in [3.8, 4) is 11.5 Å². The summed E-state index contributed by atoms with van der Waals surface area (Å²) in [6.07, 6.45) is 3.91. The van der Waals surface area contributed by atoms with Crippen molar-refractivity contribution in [1.82, 2.24) is 14.5 Å². The van der Waals surface area contributed by atoms with Gasteiger partial charge in [0.25, 0.3) is 0 Å². The zero-order valence-corrected chi connectivity index (χ0v) is 16.8. The van der Waals surface area contributed by atoms with E-state index in [0.29, 0.717) is 12.6 Å². The molecule has 3 aromatic rings. The van der Waals surface area contributed by atoms with Crippen molar-refractivity contribution < 1.29 is 9.47 Å². The first-order chi connectivity index (χ1) is 13.8. The van der Waals surface area contributed by atoms with Gasteiger partial charge in [-0.3, -0.25) is 4.90 Å². The second-order valence-corrected chi connectivity index (χ2v) is 7.41. The van der Waals surface area contributed by atoms with E-state index in [0.717, 1.165) is 42.5 Å². The van der Waals surface area contributed by atoms with Gasteiger partial charge in [-0.15, -0.1) is 0 Å². The number of fused-ring (bicyclic) bond motifs is 1. The van der Waals surface area contributed by atoms with Crippen LogP contribution in [0.4, 0.5) is 0 Å². The third-order valence-electron chi connectivity index (χ3n) is 5.64. The monoisotopic (exact) mass is 379 g/mol. The van der Waals surface area contributed by atoms with Crippen molar-refractivity contribution in [2.24, 2.45) is 0 Å². The number of likely N-dealkylation sites (tertiary alicyclic amines) is 1. The molecule has 0 bridgehead atoms. The highest BCUT2D eigenvalue weighted by Crippen LogP contribution is 2.27. The first-order valence-corrected chi connectivity index (χ1v) is 10.2. The van der Waals surface area contributed by atoms with E-state index in [-0.39, 0.29) is 0 Å². The fourth-order valence-electron chi connectivity index (χ4n) is 4.04. The van der Waals surface area contributed by atoms with Crippen molar-refractivity contribution in [3.05, 3.63) is 54.4 Å². The molecule has 1 saturated heterocycles. The van der Waals surface area contributed by atoms with Gasteiger partial charge < -0.3 is 14.0 Å². The molecule has 5 heteroatoms. The van der Waals surface area contributed by atoms with Crippen molar-refractivity contribution in [3.63, 3.8) is 0 Å². The maximum atomic E-state index is 5.99. The van der Waals surface area contributed by atoms with Crippen molar-refractivity contribution in [2.45, 2.75) is 38.8 Å². The maximum absolute atomic E-state index is 5.99. The lowest BCUT2D eigenvalue weighted by Gasteiger charge is -2.32. The van der Waals surface area contributed by atoms with Crippen molar-refractivity contribution in [1.29, 1.82) is 0 Å². The number of aromatic nitrogens is 2. The van der Waals surface area contributed by atoms with Gasteiger partial charge in [0.15, 0.2) is 0 Å². The Hall–Kier alpha value is -2.53. The number of imidazole rings is 1. The number of nitrogens with zero attached hydrogens (tertiary/aromatic N) is 3. The zero-order chi connectivity index (χ0) is 19.3. The molecule has 4 rings (SSSR count). The van der Waals surface area contributed by atoms with Crippen LogP contribution in [-0.4, -0.2) is 41.3 Å². The fraction of sp³-hybridized carbons (Fsp3) is 0.435. The predicted octanol–water partition coefficient (Wildman–Crippen LogP) is 4.67. The molecule has 2 aromatic carbocycles. The molecule has 1 aromatic heterocycles. The molecule has 0 saturated carbocycles. The number of hydrogen-bond acceptors (Lipinski definition) is 4. The molecule has 0 spiro atoms. The number of benzene rings is 2. The third kappa shape index (κ3) is 3.99. The molecule has 5 nitrogen and oxygen atoms in total. The molecule has 1 atom stereocenters. The van der Waals surface area contributed by atoms with Crippen LogP contribution in [0.1, 0.15) is 38.1 Å². The van der Waals surface area contributed by atoms with Gasteiger partial charge in [-0.2, -0.15) is 0 Å². The van der Waals surface area contributed by atoms with Gasteiger partial charge in [0.2, 0.25) is 0 Å². The maximum Gasteiger partial charge on any atom is 0.127 e. The summed E-state index contributed by atoms with van der Waals surface area (Å²) in [4.78, 5) is 7.55. The Kier molecular flexibility index (Phi) is 5.81. The highest BCUT2D eigenvalue weighted by molar-refractivity contribution is 5.76. The van der Waals surface area contributed by atoms with Crippen LogP contribution in [0.3, 0.4) is 0 Å². The second-order valence-electron chi connectivity index (χ2n) is 7.41. The van der Waals surface area contributed by atoms with Gasteiger partial charge in [-0.25, -0.2) is 4.98 Å². The smallest absolute Gasteiger partial charge is 0.127 e. The first kappa shape index (κ1) is 18.8. The van der Waals surface area contributed by atoms with Crippen LogP contribution < -0.4 is 9.47 Å². The Labute approximate surface area is 166 Å². The van der Waals surface area contributed by atoms with E-state index < -0.39 is 0 Å². The molecule has 1 aliphatic rings. The lowest BCUT2D eigenvalue weighted by Crippen LogP contribution is -2.34. The Morgan fingerprint density at radius 3 is 2.43 bits per heavy atom. The minimum Gasteiger partial charge on any atom is -0.497 e. The summed E-state index contributed by atoms with van der Waals surface area (Å²) in [5.74, 6) is 2.84. The highest BCUT2D eigenvalue weighted by Gasteiger charge is 2.23. The Bertz CT molecular complexity index is 898. The first-order valence-electron chi connectivity index (χ1n) is 10.2. The zero-order valence-electron chi connectivity index (χ0n) is 16.8. The van der Waals surface area contributed by atoms with Crippen LogP contribution in [0.2, 0.25) is 0 Å². The van der Waals surface area contributed by atoms with E-state index >= 15 is 0 Å². The van der Waals surface area contributed by atoms with E-state index in [1.165, 1.54) is 24.8 Å². The van der Waals surface area contributed by atoms with Crippen LogP contribution in [0.5, 0.6) is 11.5 Å². The van der Waals surface area contributed by atoms with Crippen LogP contribution >= 0.6 is 0 Å². The molecule has 1 aliphatic heterocycles. The Balaban J connectivity index is 1.52. The molecular weight excluding hydrogens is 350 g/mol. The SMILES string of the molecule is COc1ccc(OCCn2c([C@H](C)N3CCCCC3)nc3ccccc32)cc1. The van der Waals surface area contributed by atoms with E-state index in [2.05, 4.69) is 40.7 Å². The lowest BCUT2D eigenvalue weighted by atomic mass is 10.1. The number of piperidine rings is 1. The largest absolute Gasteiger partial charge is 0.497 e. The summed E-state index contributed by atoms with van der Waals surface area (Å²) < 4.78 is 13.5. The molecular formula is C23H29N3O2. The van der Waals surface area contributed by atoms with Gasteiger partial charge in [-0.1, -0.05) is 18.6 Å². The summed E-state index contributed by atoms with van der Waals surface area (Å²) in [5, 5.41) is 0. The average molecular weight is 380 g/mol. The van der Waals surface area contributed by atoms with E-state index in [9.17, 15) is 0 Å². The van der Waals surface area contributed by atoms with Crippen molar-refractivity contribution >= 4 is 11.0 Å². The summed E-state index contributed by atoms with van der Waals surface area (Å²) >= 11 is 0. The van der Waals surface area contributed by atoms with Gasteiger partial charge >= 0.3 is 0 Å². The van der Waals surface area contributed by atoms with E-state index in [4.69, 9.17) is 14.5 Å². The number of methoxy groups -OCH3 is 1. The molecule has 1 fully saturated rings. The highest BCUT2D eigenvalue weighted by atomic mass is 16.5. The number of hydrogen-bond donors (Lipinski definition) is 0. The molecule has 0 amide bonds. The van der Waals surface area contributed by atoms with Gasteiger partial charge in [-0.05, 0) is 69.3 Å². The van der Waals surface area contributed by atoms with Crippen LogP contribution in [0, 0.1) is 0 Å². The van der Waals surface area contributed by atoms with Crippen LogP contribution in [-0.2, 0) is 6.54 Å². The summed E-state index contributed by atoms with van der Waals surface area (Å²) in [6, 6.07) is 16.4. The van der Waals surface area contributed by atoms with E-state index in [1.807, 2.05) is 24.3 Å². The fourth-order valence-corrected chi connectivity index (χ4v) is 4.04. The summed E-state index contributed by atoms with van der Waals surface area (Å²) in [6.45, 7) is 5.99. The minimum atomic E-state index is 0.314. The quantitative estimate of drug-likeness (QED) is 0.598. The minimum absolute atomic E-state index is 0.314. The van der Waals surface area contributed by atoms with Gasteiger partial charge in [0.1, 0.15) is 23.9 Å². The van der Waals surface area contributed by atoms with Gasteiger partial charge in [0.05, 0.1) is 30.7 Å². The van der Waals surface area contributed by atoms with Gasteiger partial charge in [0, 0.05) is 0 Å². The Morgan fingerprint density at radius 1 is 0.964 bits per heavy atom. The predicted molar refractivity (Wildman–Crippen MR) is 112 cm³/mol. The third-order valence-corrected chi connectivity index (χ3v) is 5.64. The Morgan fingerprint density at radius 2 is 1.68 bits per heavy atom. The molecule has 0 radical (unpaired) electrons. The second kappa shape index (κ2) is 8.65. The molecule has 148 valence electrons. The van der Waals surface area contributed by atoms with Crippen LogP contribution in [0.25, 0.3) is 11.0 Å². The molecule has 0 N–H and O–H groups in total. The topological polar surface area (TPSA) is 39.5 Å². The number of para-hydroxylation sites is 2. The summed E-state index contributed by atoms with van der Waals surface area (Å²) in [7, 11) is 1.67. The summed E-state index contributed by atoms with van der Waals surface area (Å²) in [5.41, 5.74) is 2.24.